The van der Waals surface area contributed by atoms with E-state index in [4.69, 9.17) is 13.9 Å². The van der Waals surface area contributed by atoms with Gasteiger partial charge in [0.25, 0.3) is 0 Å². The molecule has 0 spiro atoms. The van der Waals surface area contributed by atoms with Crippen LogP contribution in [0.2, 0.25) is 0 Å². The maximum Gasteiger partial charge on any atom is 0.207 e. The highest BCUT2D eigenvalue weighted by Gasteiger charge is 2.17. The van der Waals surface area contributed by atoms with Crippen LogP contribution in [0.5, 0.6) is 11.5 Å². The molecular formula is C23H19NO4. The molecule has 0 aliphatic heterocycles. The van der Waals surface area contributed by atoms with Gasteiger partial charge in [0.05, 0.1) is 18.9 Å². The molecule has 0 bridgehead atoms. The lowest BCUT2D eigenvalue weighted by molar-refractivity contribution is 0.103. The van der Waals surface area contributed by atoms with Crippen LogP contribution in [0.1, 0.15) is 27.2 Å². The Hall–Kier alpha value is -3.78. The fourth-order valence-corrected chi connectivity index (χ4v) is 2.71. The molecule has 28 heavy (non-hydrogen) atoms. The first-order chi connectivity index (χ1) is 13.6. The van der Waals surface area contributed by atoms with Crippen molar-refractivity contribution in [1.29, 1.82) is 5.26 Å². The summed E-state index contributed by atoms with van der Waals surface area (Å²) in [5, 5.41) is 9.44. The minimum atomic E-state index is -0.378. The van der Waals surface area contributed by atoms with Gasteiger partial charge in [-0.1, -0.05) is 36.4 Å². The van der Waals surface area contributed by atoms with Crippen LogP contribution in [0, 0.1) is 18.3 Å². The van der Waals surface area contributed by atoms with Gasteiger partial charge in [-0.3, -0.25) is 4.79 Å². The summed E-state index contributed by atoms with van der Waals surface area (Å²) in [5.74, 6) is 1.21. The van der Waals surface area contributed by atoms with Crippen molar-refractivity contribution in [2.24, 2.45) is 0 Å². The maximum absolute atomic E-state index is 12.6. The van der Waals surface area contributed by atoms with Crippen molar-refractivity contribution in [3.63, 3.8) is 0 Å². The molecule has 5 heteroatoms. The smallest absolute Gasteiger partial charge is 0.207 e. The Kier molecular flexibility index (Phi) is 5.93. The highest BCUT2D eigenvalue weighted by Crippen LogP contribution is 2.30. The number of rotatable bonds is 7. The molecule has 0 fully saturated rings. The van der Waals surface area contributed by atoms with E-state index in [1.807, 2.05) is 36.4 Å². The van der Waals surface area contributed by atoms with Crippen molar-refractivity contribution in [3.8, 4) is 17.6 Å². The lowest BCUT2D eigenvalue weighted by atomic mass is 10.0. The van der Waals surface area contributed by atoms with Crippen molar-refractivity contribution in [2.75, 3.05) is 7.11 Å². The summed E-state index contributed by atoms with van der Waals surface area (Å²) >= 11 is 0. The molecule has 0 radical (unpaired) electrons. The maximum atomic E-state index is 12.6. The summed E-state index contributed by atoms with van der Waals surface area (Å²) in [4.78, 5) is 12.6. The monoisotopic (exact) mass is 373 g/mol. The molecule has 2 aromatic carbocycles. The number of hydrogen-bond acceptors (Lipinski definition) is 5. The number of Topliss-reactive ketones (excluding diaryl/α,β-unsaturated/α-hetero) is 1. The second-order valence-corrected chi connectivity index (χ2v) is 6.07. The van der Waals surface area contributed by atoms with Crippen LogP contribution in [0.4, 0.5) is 0 Å². The Morgan fingerprint density at radius 1 is 1.14 bits per heavy atom. The highest BCUT2D eigenvalue weighted by atomic mass is 16.5. The van der Waals surface area contributed by atoms with E-state index in [9.17, 15) is 10.1 Å². The third kappa shape index (κ3) is 4.30. The molecule has 0 saturated carbocycles. The number of ketones is 1. The van der Waals surface area contributed by atoms with Crippen molar-refractivity contribution in [1.82, 2.24) is 0 Å². The van der Waals surface area contributed by atoms with E-state index in [2.05, 4.69) is 0 Å². The van der Waals surface area contributed by atoms with E-state index < -0.39 is 0 Å². The van der Waals surface area contributed by atoms with Crippen molar-refractivity contribution < 1.29 is 18.7 Å². The molecule has 3 aromatic rings. The molecule has 0 aliphatic carbocycles. The Balaban J connectivity index is 1.87. The van der Waals surface area contributed by atoms with Crippen molar-refractivity contribution in [2.45, 2.75) is 13.5 Å². The van der Waals surface area contributed by atoms with Crippen LogP contribution in [0.25, 0.3) is 6.08 Å². The number of carbonyl (C=O) groups is 1. The van der Waals surface area contributed by atoms with Crippen LogP contribution in [0.3, 0.4) is 0 Å². The van der Waals surface area contributed by atoms with Gasteiger partial charge in [-0.2, -0.15) is 5.26 Å². The summed E-state index contributed by atoms with van der Waals surface area (Å²) in [6, 6.07) is 18.5. The molecule has 0 atom stereocenters. The number of nitrogens with zero attached hydrogens (tertiary/aromatic N) is 1. The van der Waals surface area contributed by atoms with Crippen LogP contribution in [-0.4, -0.2) is 12.9 Å². The van der Waals surface area contributed by atoms with Gasteiger partial charge in [0, 0.05) is 0 Å². The van der Waals surface area contributed by atoms with Crippen LogP contribution < -0.4 is 9.47 Å². The number of allylic oxidation sites excluding steroid dienone is 1. The van der Waals surface area contributed by atoms with Gasteiger partial charge in [-0.25, -0.2) is 0 Å². The topological polar surface area (TPSA) is 72.5 Å². The summed E-state index contributed by atoms with van der Waals surface area (Å²) in [7, 11) is 1.56. The molecule has 0 amide bonds. The SMILES string of the molecule is COc1ccc(/C=C(\C#N)C(=O)c2ccoc2C)cc1OCc1ccccc1. The van der Waals surface area contributed by atoms with E-state index in [0.717, 1.165) is 5.56 Å². The number of carbonyl (C=O) groups excluding carboxylic acids is 1. The Bertz CT molecular complexity index is 1040. The Morgan fingerprint density at radius 2 is 1.93 bits per heavy atom. The predicted molar refractivity (Wildman–Crippen MR) is 105 cm³/mol. The molecule has 0 unspecified atom stereocenters. The standard InChI is InChI=1S/C23H19NO4/c1-16-20(10-11-27-16)23(25)19(14-24)12-18-8-9-21(26-2)22(13-18)28-15-17-6-4-3-5-7-17/h3-13H,15H2,1-2H3/b19-12+. The van der Waals surface area contributed by atoms with Crippen LogP contribution >= 0.6 is 0 Å². The fourth-order valence-electron chi connectivity index (χ4n) is 2.71. The molecule has 5 nitrogen and oxygen atoms in total. The van der Waals surface area contributed by atoms with Crippen molar-refractivity contribution in [3.05, 3.63) is 88.9 Å². The lowest BCUT2D eigenvalue weighted by Gasteiger charge is -2.11. The van der Waals surface area contributed by atoms with E-state index in [1.165, 1.54) is 12.3 Å². The summed E-state index contributed by atoms with van der Waals surface area (Å²) in [6.45, 7) is 2.06. The Morgan fingerprint density at radius 3 is 2.57 bits per heavy atom. The van der Waals surface area contributed by atoms with Gasteiger partial charge in [-0.15, -0.1) is 0 Å². The first-order valence-corrected chi connectivity index (χ1v) is 8.67. The highest BCUT2D eigenvalue weighted by molar-refractivity contribution is 6.14. The third-order valence-corrected chi connectivity index (χ3v) is 4.20. The zero-order valence-electron chi connectivity index (χ0n) is 15.6. The summed E-state index contributed by atoms with van der Waals surface area (Å²) in [6.07, 6.45) is 2.96. The second kappa shape index (κ2) is 8.74. The largest absolute Gasteiger partial charge is 0.493 e. The molecule has 0 aliphatic rings. The van der Waals surface area contributed by atoms with E-state index >= 15 is 0 Å². The molecule has 1 aromatic heterocycles. The molecule has 0 N–H and O–H groups in total. The Labute approximate surface area is 163 Å². The number of methoxy groups -OCH3 is 1. The van der Waals surface area contributed by atoms with Gasteiger partial charge < -0.3 is 13.9 Å². The average Bonchev–Trinajstić information content (AvgIpc) is 3.16. The molecule has 140 valence electrons. The number of benzene rings is 2. The number of nitriles is 1. The summed E-state index contributed by atoms with van der Waals surface area (Å²) in [5.41, 5.74) is 2.08. The zero-order valence-corrected chi connectivity index (χ0v) is 15.6. The lowest BCUT2D eigenvalue weighted by Crippen LogP contribution is -2.02. The van der Waals surface area contributed by atoms with E-state index in [1.54, 1.807) is 38.3 Å². The minimum absolute atomic E-state index is 0.0173. The van der Waals surface area contributed by atoms with Gasteiger partial charge in [0.1, 0.15) is 24.0 Å². The van der Waals surface area contributed by atoms with Gasteiger partial charge in [-0.05, 0) is 42.3 Å². The number of ether oxygens (including phenoxy) is 2. The van der Waals surface area contributed by atoms with Crippen LogP contribution in [0.15, 0.2) is 70.9 Å². The van der Waals surface area contributed by atoms with Gasteiger partial charge in [0.2, 0.25) is 5.78 Å². The first kappa shape index (κ1) is 19.0. The second-order valence-electron chi connectivity index (χ2n) is 6.07. The number of hydrogen-bond donors (Lipinski definition) is 0. The summed E-state index contributed by atoms with van der Waals surface area (Å²) < 4.78 is 16.4. The van der Waals surface area contributed by atoms with E-state index in [0.29, 0.717) is 35.0 Å². The van der Waals surface area contributed by atoms with Crippen LogP contribution in [-0.2, 0) is 6.61 Å². The molecular weight excluding hydrogens is 354 g/mol. The van der Waals surface area contributed by atoms with Crippen molar-refractivity contribution >= 4 is 11.9 Å². The average molecular weight is 373 g/mol. The molecule has 3 rings (SSSR count). The molecule has 0 saturated heterocycles. The number of aryl methyl sites for hydroxylation is 1. The quantitative estimate of drug-likeness (QED) is 0.332. The zero-order chi connectivity index (χ0) is 19.9. The third-order valence-electron chi connectivity index (χ3n) is 4.20. The van der Waals surface area contributed by atoms with Gasteiger partial charge >= 0.3 is 0 Å². The molecule has 1 heterocycles. The number of furan rings is 1. The predicted octanol–water partition coefficient (Wildman–Crippen LogP) is 4.97. The minimum Gasteiger partial charge on any atom is -0.493 e. The first-order valence-electron chi connectivity index (χ1n) is 8.67. The van der Waals surface area contributed by atoms with E-state index in [-0.39, 0.29) is 11.4 Å². The normalized spacial score (nSPS) is 11.0. The fraction of sp³-hybridized carbons (Fsp3) is 0.130. The van der Waals surface area contributed by atoms with Gasteiger partial charge in [0.15, 0.2) is 11.5 Å².